The molecule has 24 heavy (non-hydrogen) atoms. The molecule has 0 unspecified atom stereocenters. The maximum atomic E-state index is 12.6. The number of thiophene rings is 1. The van der Waals surface area contributed by atoms with Gasteiger partial charge in [0.05, 0.1) is 5.39 Å². The minimum Gasteiger partial charge on any atom is -0.348 e. The van der Waals surface area contributed by atoms with Crippen molar-refractivity contribution >= 4 is 27.5 Å². The molecule has 0 atom stereocenters. The Bertz CT molecular complexity index is 952. The highest BCUT2D eigenvalue weighted by Gasteiger charge is 2.16. The smallest absolute Gasteiger partial charge is 0.257 e. The van der Waals surface area contributed by atoms with Crippen LogP contribution in [0.4, 0.5) is 0 Å². The fourth-order valence-corrected chi connectivity index (χ4v) is 3.66. The first-order valence-electron chi connectivity index (χ1n) is 7.95. The number of hydrogen-bond donors (Lipinski definition) is 1. The van der Waals surface area contributed by atoms with Crippen LogP contribution in [0.2, 0.25) is 0 Å². The molecule has 0 aliphatic carbocycles. The Balaban J connectivity index is 1.88. The van der Waals surface area contributed by atoms with Crippen LogP contribution in [0.25, 0.3) is 10.2 Å². The molecule has 2 aromatic heterocycles. The van der Waals surface area contributed by atoms with Crippen LogP contribution in [0.1, 0.15) is 33.3 Å². The van der Waals surface area contributed by atoms with E-state index in [1.165, 1.54) is 5.56 Å². The molecule has 124 valence electrons. The minimum atomic E-state index is -0.331. The van der Waals surface area contributed by atoms with Gasteiger partial charge in [0.1, 0.15) is 10.4 Å². The topological polar surface area (TPSA) is 51.1 Å². The van der Waals surface area contributed by atoms with Crippen molar-refractivity contribution in [3.8, 4) is 0 Å². The van der Waals surface area contributed by atoms with Gasteiger partial charge >= 0.3 is 0 Å². The van der Waals surface area contributed by atoms with Crippen LogP contribution >= 0.6 is 11.3 Å². The lowest BCUT2D eigenvalue weighted by atomic mass is 10.1. The van der Waals surface area contributed by atoms with E-state index < -0.39 is 0 Å². The van der Waals surface area contributed by atoms with Crippen LogP contribution < -0.4 is 10.7 Å². The van der Waals surface area contributed by atoms with Crippen molar-refractivity contribution in [3.63, 3.8) is 0 Å². The molecule has 0 radical (unpaired) electrons. The summed E-state index contributed by atoms with van der Waals surface area (Å²) in [7, 11) is 1.87. The van der Waals surface area contributed by atoms with E-state index in [1.54, 1.807) is 17.5 Å². The lowest BCUT2D eigenvalue weighted by molar-refractivity contribution is 0.0949. The number of amides is 1. The molecule has 0 saturated carbocycles. The number of nitrogens with one attached hydrogen (secondary N) is 1. The number of nitrogens with zero attached hydrogens (tertiary/aromatic N) is 1. The molecule has 5 heteroatoms. The monoisotopic (exact) mass is 340 g/mol. The first-order valence-corrected chi connectivity index (χ1v) is 8.77. The van der Waals surface area contributed by atoms with Gasteiger partial charge < -0.3 is 9.88 Å². The van der Waals surface area contributed by atoms with Crippen molar-refractivity contribution in [2.45, 2.75) is 26.8 Å². The van der Waals surface area contributed by atoms with E-state index in [9.17, 15) is 9.59 Å². The molecule has 2 heterocycles. The zero-order valence-corrected chi connectivity index (χ0v) is 14.9. The van der Waals surface area contributed by atoms with Gasteiger partial charge in [-0.1, -0.05) is 36.8 Å². The number of rotatable bonds is 4. The van der Waals surface area contributed by atoms with Gasteiger partial charge in [0.2, 0.25) is 5.43 Å². The van der Waals surface area contributed by atoms with Gasteiger partial charge in [-0.3, -0.25) is 9.59 Å². The van der Waals surface area contributed by atoms with Crippen LogP contribution in [-0.4, -0.2) is 10.5 Å². The number of aryl methyl sites for hydroxylation is 3. The third-order valence-corrected chi connectivity index (χ3v) is 5.43. The third-order valence-electron chi connectivity index (χ3n) is 4.06. The van der Waals surface area contributed by atoms with Crippen LogP contribution in [0.3, 0.4) is 0 Å². The summed E-state index contributed by atoms with van der Waals surface area (Å²) < 4.78 is 1.86. The summed E-state index contributed by atoms with van der Waals surface area (Å²) in [5.74, 6) is -0.331. The average Bonchev–Trinajstić information content (AvgIpc) is 3.03. The number of benzene rings is 1. The Morgan fingerprint density at radius 2 is 1.96 bits per heavy atom. The van der Waals surface area contributed by atoms with Crippen LogP contribution in [0.15, 0.2) is 41.3 Å². The minimum absolute atomic E-state index is 0.192. The van der Waals surface area contributed by atoms with E-state index >= 15 is 0 Å². The van der Waals surface area contributed by atoms with Gasteiger partial charge in [-0.05, 0) is 25.0 Å². The summed E-state index contributed by atoms with van der Waals surface area (Å²) in [6.07, 6.45) is 2.51. The van der Waals surface area contributed by atoms with Gasteiger partial charge in [-0.25, -0.2) is 0 Å². The molecule has 3 aromatic rings. The molecule has 1 N–H and O–H groups in total. The summed E-state index contributed by atoms with van der Waals surface area (Å²) in [5, 5.41) is 3.47. The predicted molar refractivity (Wildman–Crippen MR) is 98.8 cm³/mol. The Labute approximate surface area is 144 Å². The quantitative estimate of drug-likeness (QED) is 0.791. The second kappa shape index (κ2) is 6.61. The largest absolute Gasteiger partial charge is 0.348 e. The van der Waals surface area contributed by atoms with E-state index in [4.69, 9.17) is 0 Å². The molecular formula is C19H20N2O2S. The number of carbonyl (C=O) groups is 1. The predicted octanol–water partition coefficient (Wildman–Crippen LogP) is 3.40. The van der Waals surface area contributed by atoms with Crippen LogP contribution in [0, 0.1) is 6.92 Å². The highest BCUT2D eigenvalue weighted by Crippen LogP contribution is 2.23. The summed E-state index contributed by atoms with van der Waals surface area (Å²) in [4.78, 5) is 27.2. The summed E-state index contributed by atoms with van der Waals surface area (Å²) in [6, 6.07) is 9.86. The summed E-state index contributed by atoms with van der Waals surface area (Å²) in [6.45, 7) is 4.49. The zero-order valence-electron chi connectivity index (χ0n) is 14.1. The lowest BCUT2D eigenvalue weighted by Crippen LogP contribution is -2.29. The number of aromatic nitrogens is 1. The Hall–Kier alpha value is -2.40. The van der Waals surface area contributed by atoms with Crippen molar-refractivity contribution in [2.75, 3.05) is 0 Å². The summed E-state index contributed by atoms with van der Waals surface area (Å²) in [5.41, 5.74) is 2.18. The van der Waals surface area contributed by atoms with Crippen molar-refractivity contribution in [1.82, 2.24) is 9.88 Å². The van der Waals surface area contributed by atoms with Gasteiger partial charge in [0, 0.05) is 24.7 Å². The first kappa shape index (κ1) is 16.5. The molecule has 3 rings (SSSR count). The van der Waals surface area contributed by atoms with Crippen molar-refractivity contribution in [3.05, 3.63) is 68.3 Å². The first-order chi connectivity index (χ1) is 11.5. The van der Waals surface area contributed by atoms with E-state index in [-0.39, 0.29) is 16.9 Å². The number of carbonyl (C=O) groups excluding carboxylic acids is 1. The van der Waals surface area contributed by atoms with Crippen molar-refractivity contribution in [2.24, 2.45) is 7.05 Å². The molecule has 0 saturated heterocycles. The van der Waals surface area contributed by atoms with Gasteiger partial charge in [0.15, 0.2) is 0 Å². The number of hydrogen-bond acceptors (Lipinski definition) is 3. The molecule has 4 nitrogen and oxygen atoms in total. The van der Waals surface area contributed by atoms with E-state index in [0.29, 0.717) is 11.9 Å². The number of pyridine rings is 1. The standard InChI is InChI=1S/C19H20N2O2S/c1-4-14-9-15-17(22)16(11-21(3)19(15)24-14)18(23)20-10-13-7-5-12(2)6-8-13/h5-9,11H,4,10H2,1-3H3,(H,20,23). The van der Waals surface area contributed by atoms with Gasteiger partial charge in [-0.15, -0.1) is 11.3 Å². The normalized spacial score (nSPS) is 11.0. The second-order valence-electron chi connectivity index (χ2n) is 5.94. The SMILES string of the molecule is CCc1cc2c(=O)c(C(=O)NCc3ccc(C)cc3)cn(C)c2s1. The van der Waals surface area contributed by atoms with Crippen LogP contribution in [-0.2, 0) is 20.0 Å². The Morgan fingerprint density at radius 1 is 1.25 bits per heavy atom. The Kier molecular flexibility index (Phi) is 4.53. The maximum Gasteiger partial charge on any atom is 0.257 e. The molecule has 0 aliphatic rings. The van der Waals surface area contributed by atoms with Gasteiger partial charge in [0.25, 0.3) is 5.91 Å². The highest BCUT2D eigenvalue weighted by atomic mass is 32.1. The third kappa shape index (κ3) is 3.12. The molecule has 0 bridgehead atoms. The van der Waals surface area contributed by atoms with E-state index in [1.807, 2.05) is 48.9 Å². The second-order valence-corrected chi connectivity index (χ2v) is 7.05. The Morgan fingerprint density at radius 3 is 2.62 bits per heavy atom. The van der Waals surface area contributed by atoms with E-state index in [2.05, 4.69) is 12.2 Å². The lowest BCUT2D eigenvalue weighted by Gasteiger charge is -2.08. The molecule has 0 aliphatic heterocycles. The zero-order chi connectivity index (χ0) is 17.3. The molecule has 0 fully saturated rings. The average molecular weight is 340 g/mol. The van der Waals surface area contributed by atoms with Crippen molar-refractivity contribution < 1.29 is 4.79 Å². The van der Waals surface area contributed by atoms with Gasteiger partial charge in [-0.2, -0.15) is 0 Å². The number of fused-ring (bicyclic) bond motifs is 1. The van der Waals surface area contributed by atoms with E-state index in [0.717, 1.165) is 21.7 Å². The fourth-order valence-electron chi connectivity index (χ4n) is 2.63. The molecule has 0 spiro atoms. The van der Waals surface area contributed by atoms with Crippen LogP contribution in [0.5, 0.6) is 0 Å². The molecular weight excluding hydrogens is 320 g/mol. The molecule has 1 aromatic carbocycles. The fraction of sp³-hybridized carbons (Fsp3) is 0.263. The summed E-state index contributed by atoms with van der Waals surface area (Å²) >= 11 is 1.60. The molecule has 1 amide bonds. The maximum absolute atomic E-state index is 12.6. The highest BCUT2D eigenvalue weighted by molar-refractivity contribution is 7.18. The van der Waals surface area contributed by atoms with Crippen molar-refractivity contribution in [1.29, 1.82) is 0 Å².